The van der Waals surface area contributed by atoms with Crippen LogP contribution in [-0.4, -0.2) is 39.5 Å². The number of halogens is 3. The lowest BCUT2D eigenvalue weighted by atomic mass is 9.70. The van der Waals surface area contributed by atoms with E-state index in [0.717, 1.165) is 16.8 Å². The highest BCUT2D eigenvalue weighted by molar-refractivity contribution is 5.98. The van der Waals surface area contributed by atoms with E-state index in [1.165, 1.54) is 6.20 Å². The van der Waals surface area contributed by atoms with Crippen LogP contribution in [-0.2, 0) is 21.3 Å². The van der Waals surface area contributed by atoms with Crippen LogP contribution in [0.2, 0.25) is 0 Å². The Hall–Kier alpha value is -3.55. The number of Topliss-reactive ketones (excluding diaryl/α,β-unsaturated/α-hetero) is 1. The third-order valence-electron chi connectivity index (χ3n) is 7.13. The average molecular weight is 496 g/mol. The van der Waals surface area contributed by atoms with E-state index in [1.807, 2.05) is 0 Å². The fourth-order valence-electron chi connectivity index (χ4n) is 4.97. The van der Waals surface area contributed by atoms with Gasteiger partial charge in [-0.2, -0.15) is 10.4 Å². The Morgan fingerprint density at radius 2 is 1.78 bits per heavy atom. The van der Waals surface area contributed by atoms with Crippen LogP contribution in [0.1, 0.15) is 53.0 Å². The topological polar surface area (TPSA) is 90.0 Å². The van der Waals surface area contributed by atoms with Crippen molar-refractivity contribution >= 4 is 5.78 Å². The quantitative estimate of drug-likeness (QED) is 0.382. The maximum Gasteiger partial charge on any atom is 0.196 e. The van der Waals surface area contributed by atoms with Crippen LogP contribution in [0.5, 0.6) is 0 Å². The molecule has 0 amide bonds. The fraction of sp³-hybridized carbons (Fsp3) is 0.385. The molecular formula is C26H23F3N4O3. The summed E-state index contributed by atoms with van der Waals surface area (Å²) in [6.45, 7) is 2.68. The Morgan fingerprint density at radius 1 is 1.06 bits per heavy atom. The summed E-state index contributed by atoms with van der Waals surface area (Å²) < 4.78 is 53.8. The molecule has 1 aromatic carbocycles. The zero-order valence-electron chi connectivity index (χ0n) is 19.6. The van der Waals surface area contributed by atoms with Gasteiger partial charge in [0.1, 0.15) is 5.69 Å². The van der Waals surface area contributed by atoms with Crippen molar-refractivity contribution in [1.29, 1.82) is 5.26 Å². The van der Waals surface area contributed by atoms with Gasteiger partial charge in [-0.1, -0.05) is 6.07 Å². The number of rotatable bonds is 5. The molecule has 3 heterocycles. The lowest BCUT2D eigenvalue weighted by Gasteiger charge is -2.39. The van der Waals surface area contributed by atoms with Gasteiger partial charge in [0, 0.05) is 25.5 Å². The van der Waals surface area contributed by atoms with Gasteiger partial charge in [-0.15, -0.1) is 0 Å². The summed E-state index contributed by atoms with van der Waals surface area (Å²) in [4.78, 5) is 17.5. The lowest BCUT2D eigenvalue weighted by molar-refractivity contribution is -0.182. The predicted octanol–water partition coefficient (Wildman–Crippen LogP) is 4.50. The first kappa shape index (κ1) is 24.2. The second kappa shape index (κ2) is 9.15. The highest BCUT2D eigenvalue weighted by Gasteiger charge is 2.48. The number of carbonyl (C=O) groups excluding carboxylic acids is 1. The molecule has 1 saturated heterocycles. The maximum absolute atomic E-state index is 14.2. The molecule has 0 bridgehead atoms. The SMILES string of the molecule is Cc1c(C(=O)Cc2ccc(C3(C#N)CCC4(CC3)OCCO4)nc2)cnn1-c1ccc(F)c(F)c1F. The number of pyridine rings is 1. The Labute approximate surface area is 205 Å². The summed E-state index contributed by atoms with van der Waals surface area (Å²) in [7, 11) is 0. The van der Waals surface area contributed by atoms with Crippen molar-refractivity contribution in [2.45, 2.75) is 50.2 Å². The van der Waals surface area contributed by atoms with E-state index in [9.17, 15) is 23.2 Å². The molecule has 3 aromatic rings. The largest absolute Gasteiger partial charge is 0.348 e. The molecule has 2 aliphatic rings. The van der Waals surface area contributed by atoms with Crippen molar-refractivity contribution in [2.75, 3.05) is 13.2 Å². The van der Waals surface area contributed by atoms with E-state index in [2.05, 4.69) is 16.2 Å². The van der Waals surface area contributed by atoms with Gasteiger partial charge in [0.05, 0.1) is 47.8 Å². The van der Waals surface area contributed by atoms with Crippen LogP contribution in [0.4, 0.5) is 13.2 Å². The first-order valence-corrected chi connectivity index (χ1v) is 11.6. The number of aromatic nitrogens is 3. The zero-order valence-corrected chi connectivity index (χ0v) is 19.6. The van der Waals surface area contributed by atoms with Crippen LogP contribution < -0.4 is 0 Å². The minimum Gasteiger partial charge on any atom is -0.348 e. The standard InChI is InChI=1S/C26H23F3N4O3/c1-16-18(14-32-33(16)20-4-3-19(27)23(28)24(20)29)21(34)12-17-2-5-22(31-13-17)25(15-30)6-8-26(9-7-25)35-10-11-36-26/h2-5,13-14H,6-12H2,1H3. The van der Waals surface area contributed by atoms with Gasteiger partial charge in [0.25, 0.3) is 0 Å². The smallest absolute Gasteiger partial charge is 0.196 e. The molecule has 2 fully saturated rings. The van der Waals surface area contributed by atoms with Crippen LogP contribution in [0.3, 0.4) is 0 Å². The Bertz CT molecular complexity index is 1350. The van der Waals surface area contributed by atoms with E-state index in [1.54, 1.807) is 25.3 Å². The van der Waals surface area contributed by atoms with E-state index >= 15 is 0 Å². The lowest BCUT2D eigenvalue weighted by Crippen LogP contribution is -2.41. The average Bonchev–Trinajstić information content (AvgIpc) is 3.51. The molecule has 0 N–H and O–H groups in total. The normalized spacial score (nSPS) is 18.3. The van der Waals surface area contributed by atoms with Crippen molar-refractivity contribution in [2.24, 2.45) is 0 Å². The number of hydrogen-bond donors (Lipinski definition) is 0. The van der Waals surface area contributed by atoms with Crippen LogP contribution in [0.15, 0.2) is 36.7 Å². The maximum atomic E-state index is 14.2. The number of ether oxygens (including phenoxy) is 2. The minimum absolute atomic E-state index is 0.00438. The summed E-state index contributed by atoms with van der Waals surface area (Å²) in [5.41, 5.74) is 0.775. The van der Waals surface area contributed by atoms with Crippen molar-refractivity contribution in [3.8, 4) is 11.8 Å². The molecule has 36 heavy (non-hydrogen) atoms. The number of nitriles is 1. The number of carbonyl (C=O) groups is 1. The van der Waals surface area contributed by atoms with Gasteiger partial charge in [-0.3, -0.25) is 9.78 Å². The summed E-state index contributed by atoms with van der Waals surface area (Å²) in [6.07, 6.45) is 5.21. The number of nitrogens with zero attached hydrogens (tertiary/aromatic N) is 4. The molecule has 1 aliphatic carbocycles. The Kier molecular flexibility index (Phi) is 6.14. The minimum atomic E-state index is -1.60. The molecule has 0 unspecified atom stereocenters. The van der Waals surface area contributed by atoms with Gasteiger partial charge in [0.15, 0.2) is 29.0 Å². The predicted molar refractivity (Wildman–Crippen MR) is 121 cm³/mol. The van der Waals surface area contributed by atoms with Crippen LogP contribution in [0, 0.1) is 35.7 Å². The summed E-state index contributed by atoms with van der Waals surface area (Å²) >= 11 is 0. The molecule has 0 atom stereocenters. The summed E-state index contributed by atoms with van der Waals surface area (Å²) in [5.74, 6) is -5.17. The molecule has 10 heteroatoms. The van der Waals surface area contributed by atoms with E-state index in [4.69, 9.17) is 9.47 Å². The molecule has 1 spiro atoms. The number of benzene rings is 1. The molecule has 1 aliphatic heterocycles. The monoisotopic (exact) mass is 496 g/mol. The highest BCUT2D eigenvalue weighted by Crippen LogP contribution is 2.45. The molecule has 1 saturated carbocycles. The highest BCUT2D eigenvalue weighted by atomic mass is 19.2. The molecule has 2 aromatic heterocycles. The third-order valence-corrected chi connectivity index (χ3v) is 7.13. The second-order valence-electron chi connectivity index (χ2n) is 9.20. The molecule has 5 rings (SSSR count). The van der Waals surface area contributed by atoms with Crippen molar-refractivity contribution < 1.29 is 27.4 Å². The zero-order chi connectivity index (χ0) is 25.5. The molecule has 186 valence electrons. The van der Waals surface area contributed by atoms with Crippen molar-refractivity contribution in [3.05, 3.63) is 76.6 Å². The van der Waals surface area contributed by atoms with Gasteiger partial charge in [-0.05, 0) is 43.5 Å². The van der Waals surface area contributed by atoms with Gasteiger partial charge in [0.2, 0.25) is 0 Å². The molecular weight excluding hydrogens is 473 g/mol. The fourth-order valence-corrected chi connectivity index (χ4v) is 4.97. The third kappa shape index (κ3) is 4.08. The summed E-state index contributed by atoms with van der Waals surface area (Å²) in [6, 6.07) is 7.83. The van der Waals surface area contributed by atoms with Crippen molar-refractivity contribution in [1.82, 2.24) is 14.8 Å². The van der Waals surface area contributed by atoms with Gasteiger partial charge in [-0.25, -0.2) is 17.9 Å². The van der Waals surface area contributed by atoms with Crippen molar-refractivity contribution in [3.63, 3.8) is 0 Å². The number of hydrogen-bond acceptors (Lipinski definition) is 6. The second-order valence-corrected chi connectivity index (χ2v) is 9.20. The van der Waals surface area contributed by atoms with E-state index in [-0.39, 0.29) is 23.5 Å². The first-order valence-electron chi connectivity index (χ1n) is 11.6. The van der Waals surface area contributed by atoms with Gasteiger partial charge >= 0.3 is 0 Å². The molecule has 7 nitrogen and oxygen atoms in total. The Balaban J connectivity index is 1.31. The van der Waals surface area contributed by atoms with Crippen LogP contribution >= 0.6 is 0 Å². The van der Waals surface area contributed by atoms with E-state index < -0.39 is 28.7 Å². The van der Waals surface area contributed by atoms with E-state index in [0.29, 0.717) is 55.8 Å². The molecule has 0 radical (unpaired) electrons. The Morgan fingerprint density at radius 3 is 2.42 bits per heavy atom. The van der Waals surface area contributed by atoms with Crippen LogP contribution in [0.25, 0.3) is 5.69 Å². The van der Waals surface area contributed by atoms with Gasteiger partial charge < -0.3 is 9.47 Å². The number of ketones is 1. The first-order chi connectivity index (χ1) is 17.3. The summed E-state index contributed by atoms with van der Waals surface area (Å²) in [5, 5.41) is 14.0.